The van der Waals surface area contributed by atoms with Gasteiger partial charge in [-0.3, -0.25) is 4.79 Å². The van der Waals surface area contributed by atoms with E-state index in [4.69, 9.17) is 4.52 Å². The van der Waals surface area contributed by atoms with E-state index in [1.54, 1.807) is 6.20 Å². The second-order valence-electron chi connectivity index (χ2n) is 7.97. The molecule has 36 heavy (non-hydrogen) atoms. The van der Waals surface area contributed by atoms with Crippen molar-refractivity contribution >= 4 is 5.82 Å². The van der Waals surface area contributed by atoms with Gasteiger partial charge in [-0.25, -0.2) is 9.67 Å². The van der Waals surface area contributed by atoms with Gasteiger partial charge in [-0.2, -0.15) is 10.1 Å². The van der Waals surface area contributed by atoms with Crippen LogP contribution in [0.15, 0.2) is 64.0 Å². The number of nitrogens with zero attached hydrogens (tertiary/aromatic N) is 6. The molecule has 0 radical (unpaired) electrons. The summed E-state index contributed by atoms with van der Waals surface area (Å²) >= 11 is 0. The molecule has 5 rings (SSSR count). The van der Waals surface area contributed by atoms with Crippen LogP contribution in [0.25, 0.3) is 23.0 Å². The Morgan fingerprint density at radius 1 is 1.06 bits per heavy atom. The number of nitrogens with one attached hydrogen (secondary N) is 1. The molecule has 0 aliphatic carbocycles. The molecule has 1 saturated heterocycles. The molecule has 0 bridgehead atoms. The first kappa shape index (κ1) is 23.5. The van der Waals surface area contributed by atoms with Crippen molar-refractivity contribution in [1.29, 1.82) is 0 Å². The van der Waals surface area contributed by atoms with E-state index in [9.17, 15) is 18.0 Å². The highest BCUT2D eigenvalue weighted by Gasteiger charge is 2.31. The van der Waals surface area contributed by atoms with Gasteiger partial charge in [0.05, 0.1) is 6.54 Å². The van der Waals surface area contributed by atoms with Crippen molar-refractivity contribution in [2.45, 2.75) is 12.9 Å². The van der Waals surface area contributed by atoms with E-state index in [0.29, 0.717) is 5.56 Å². The number of piperazine rings is 1. The molecule has 4 aromatic rings. The molecule has 4 heterocycles. The van der Waals surface area contributed by atoms with Crippen LogP contribution in [-0.2, 0) is 6.54 Å². The highest BCUT2D eigenvalue weighted by Crippen LogP contribution is 2.26. The van der Waals surface area contributed by atoms with E-state index in [-0.39, 0.29) is 35.3 Å². The molecule has 1 aliphatic rings. The van der Waals surface area contributed by atoms with Crippen molar-refractivity contribution < 1.29 is 22.4 Å². The summed E-state index contributed by atoms with van der Waals surface area (Å²) in [6, 6.07) is 11.6. The van der Waals surface area contributed by atoms with Gasteiger partial charge in [0, 0.05) is 44.0 Å². The summed E-state index contributed by atoms with van der Waals surface area (Å²) in [7, 11) is 0. The van der Waals surface area contributed by atoms with Gasteiger partial charge in [-0.1, -0.05) is 5.16 Å². The lowest BCUT2D eigenvalue weighted by Gasteiger charge is -2.28. The van der Waals surface area contributed by atoms with Crippen molar-refractivity contribution in [3.05, 3.63) is 70.6 Å². The van der Waals surface area contributed by atoms with Crippen LogP contribution >= 0.6 is 0 Å². The Hall–Kier alpha value is -4.26. The van der Waals surface area contributed by atoms with Crippen LogP contribution in [0, 0.1) is 0 Å². The Morgan fingerprint density at radius 3 is 2.58 bits per heavy atom. The SMILES string of the molecule is O=c1ccc(-c2nc(-c3ccc(OC(F)(F)F)cc3)no2)nn1Cc1ccnc(N2CCNCC2)c1. The second kappa shape index (κ2) is 9.77. The van der Waals surface area contributed by atoms with Crippen LogP contribution in [0.2, 0.25) is 0 Å². The van der Waals surface area contributed by atoms with Gasteiger partial charge in [0.2, 0.25) is 5.82 Å². The first-order valence-corrected chi connectivity index (χ1v) is 11.0. The molecule has 0 amide bonds. The number of aromatic nitrogens is 5. The molecule has 10 nitrogen and oxygen atoms in total. The van der Waals surface area contributed by atoms with Crippen LogP contribution in [0.5, 0.6) is 5.75 Å². The average molecular weight is 499 g/mol. The minimum atomic E-state index is -4.78. The topological polar surface area (TPSA) is 111 Å². The Balaban J connectivity index is 1.34. The molecule has 0 saturated carbocycles. The van der Waals surface area contributed by atoms with Gasteiger partial charge >= 0.3 is 6.36 Å². The number of pyridine rings is 1. The zero-order valence-corrected chi connectivity index (χ0v) is 18.8. The number of hydrogen-bond donors (Lipinski definition) is 1. The number of halogens is 3. The fourth-order valence-corrected chi connectivity index (χ4v) is 3.73. The number of alkyl halides is 3. The van der Waals surface area contributed by atoms with Crippen molar-refractivity contribution in [2.75, 3.05) is 31.1 Å². The molecule has 186 valence electrons. The fraction of sp³-hybridized carbons (Fsp3) is 0.261. The van der Waals surface area contributed by atoms with E-state index in [1.165, 1.54) is 28.9 Å². The molecule has 13 heteroatoms. The minimum Gasteiger partial charge on any atom is -0.406 e. The predicted molar refractivity (Wildman–Crippen MR) is 122 cm³/mol. The van der Waals surface area contributed by atoms with Crippen molar-refractivity contribution in [1.82, 2.24) is 30.2 Å². The molecular formula is C23H20F3N7O3. The summed E-state index contributed by atoms with van der Waals surface area (Å²) in [5.41, 5.74) is 1.25. The molecule has 1 aliphatic heterocycles. The zero-order chi connectivity index (χ0) is 25.1. The van der Waals surface area contributed by atoms with Crippen LogP contribution in [0.4, 0.5) is 19.0 Å². The molecule has 1 fully saturated rings. The number of rotatable bonds is 6. The first-order valence-electron chi connectivity index (χ1n) is 11.0. The minimum absolute atomic E-state index is 0.0607. The van der Waals surface area contributed by atoms with Crippen LogP contribution in [0.1, 0.15) is 5.56 Å². The third kappa shape index (κ3) is 5.51. The van der Waals surface area contributed by atoms with Gasteiger partial charge in [-0.15, -0.1) is 13.2 Å². The fourth-order valence-electron chi connectivity index (χ4n) is 3.73. The van der Waals surface area contributed by atoms with E-state index in [2.05, 4.69) is 35.2 Å². The Morgan fingerprint density at radius 2 is 1.83 bits per heavy atom. The molecule has 0 spiro atoms. The summed E-state index contributed by atoms with van der Waals surface area (Å²) in [6.07, 6.45) is -3.07. The van der Waals surface area contributed by atoms with Gasteiger partial charge < -0.3 is 19.5 Å². The summed E-state index contributed by atoms with van der Waals surface area (Å²) in [6.45, 7) is 3.68. The summed E-state index contributed by atoms with van der Waals surface area (Å²) in [4.78, 5) is 23.3. The van der Waals surface area contributed by atoms with Crippen molar-refractivity contribution in [3.8, 4) is 28.7 Å². The Labute approximate surface area is 202 Å². The first-order chi connectivity index (χ1) is 17.3. The highest BCUT2D eigenvalue weighted by atomic mass is 19.4. The number of anilines is 1. The van der Waals surface area contributed by atoms with Gasteiger partial charge in [-0.05, 0) is 48.0 Å². The maximum atomic E-state index is 12.5. The van der Waals surface area contributed by atoms with E-state index in [1.807, 2.05) is 12.1 Å². The number of hydrogen-bond acceptors (Lipinski definition) is 9. The normalized spacial score (nSPS) is 14.1. The number of ether oxygens (including phenoxy) is 1. The maximum absolute atomic E-state index is 12.5. The summed E-state index contributed by atoms with van der Waals surface area (Å²) in [5.74, 6) is 0.690. The lowest BCUT2D eigenvalue weighted by Crippen LogP contribution is -2.43. The average Bonchev–Trinajstić information content (AvgIpc) is 3.36. The van der Waals surface area contributed by atoms with Crippen molar-refractivity contribution in [2.24, 2.45) is 0 Å². The summed E-state index contributed by atoms with van der Waals surface area (Å²) < 4.78 is 47.5. The summed E-state index contributed by atoms with van der Waals surface area (Å²) in [5, 5.41) is 11.5. The second-order valence-corrected chi connectivity index (χ2v) is 7.97. The third-order valence-electron chi connectivity index (χ3n) is 5.44. The van der Waals surface area contributed by atoms with E-state index < -0.39 is 6.36 Å². The third-order valence-corrected chi connectivity index (χ3v) is 5.44. The lowest BCUT2D eigenvalue weighted by molar-refractivity contribution is -0.274. The Kier molecular flexibility index (Phi) is 6.38. The van der Waals surface area contributed by atoms with Crippen molar-refractivity contribution in [3.63, 3.8) is 0 Å². The van der Waals surface area contributed by atoms with Gasteiger partial charge in [0.15, 0.2) is 0 Å². The smallest absolute Gasteiger partial charge is 0.406 e. The molecule has 0 unspecified atom stereocenters. The van der Waals surface area contributed by atoms with E-state index in [0.717, 1.165) is 49.7 Å². The number of benzene rings is 1. The molecule has 1 N–H and O–H groups in total. The molecular weight excluding hydrogens is 479 g/mol. The van der Waals surface area contributed by atoms with Crippen LogP contribution in [-0.4, -0.2) is 57.4 Å². The molecule has 0 atom stereocenters. The lowest BCUT2D eigenvalue weighted by atomic mass is 10.2. The largest absolute Gasteiger partial charge is 0.573 e. The maximum Gasteiger partial charge on any atom is 0.573 e. The standard InChI is InChI=1S/C23H20F3N7O3/c24-23(25,26)35-17-3-1-16(2-4-17)21-29-22(36-31-21)18-5-6-20(34)33(30-18)14-15-7-8-28-19(13-15)32-11-9-27-10-12-32/h1-8,13,27H,9-12,14H2. The van der Waals surface area contributed by atoms with E-state index >= 15 is 0 Å². The van der Waals surface area contributed by atoms with Gasteiger partial charge in [0.1, 0.15) is 17.3 Å². The quantitative estimate of drug-likeness (QED) is 0.428. The molecule has 1 aromatic carbocycles. The Bertz CT molecular complexity index is 1400. The monoisotopic (exact) mass is 499 g/mol. The predicted octanol–water partition coefficient (Wildman–Crippen LogP) is 2.71. The highest BCUT2D eigenvalue weighted by molar-refractivity contribution is 5.58. The van der Waals surface area contributed by atoms with Crippen LogP contribution in [0.3, 0.4) is 0 Å². The zero-order valence-electron chi connectivity index (χ0n) is 18.8. The molecule has 3 aromatic heterocycles. The van der Waals surface area contributed by atoms with Gasteiger partial charge in [0.25, 0.3) is 11.4 Å². The van der Waals surface area contributed by atoms with Crippen LogP contribution < -0.4 is 20.5 Å².